The maximum Gasteiger partial charge on any atom is 0.322 e. The number of piperazine rings is 1. The van der Waals surface area contributed by atoms with E-state index in [2.05, 4.69) is 5.32 Å². The van der Waals surface area contributed by atoms with Crippen molar-refractivity contribution in [3.05, 3.63) is 53.8 Å². The quantitative estimate of drug-likeness (QED) is 0.839. The summed E-state index contributed by atoms with van der Waals surface area (Å²) >= 11 is 0. The zero-order valence-electron chi connectivity index (χ0n) is 15.6. The lowest BCUT2D eigenvalue weighted by Crippen LogP contribution is -3.13. The molecule has 2 amide bonds. The molecule has 1 aliphatic heterocycles. The number of hydrogen-bond acceptors (Lipinski definition) is 3. The van der Waals surface area contributed by atoms with Crippen LogP contribution in [0.4, 0.5) is 14.9 Å². The maximum absolute atomic E-state index is 13.3. The average molecular weight is 374 g/mol. The van der Waals surface area contributed by atoms with Crippen LogP contribution in [0.3, 0.4) is 0 Å². The van der Waals surface area contributed by atoms with Gasteiger partial charge in [-0.1, -0.05) is 12.1 Å². The molecule has 0 atom stereocenters. The number of amides is 2. The molecule has 1 heterocycles. The summed E-state index contributed by atoms with van der Waals surface area (Å²) < 4.78 is 23.8. The van der Waals surface area contributed by atoms with Gasteiger partial charge in [-0.15, -0.1) is 0 Å². The number of halogens is 1. The second-order valence-corrected chi connectivity index (χ2v) is 6.54. The Morgan fingerprint density at radius 2 is 1.85 bits per heavy atom. The molecule has 0 spiro atoms. The van der Waals surface area contributed by atoms with Crippen molar-refractivity contribution in [1.82, 2.24) is 4.90 Å². The van der Waals surface area contributed by atoms with E-state index in [9.17, 15) is 9.18 Å². The lowest BCUT2D eigenvalue weighted by atomic mass is 10.2. The van der Waals surface area contributed by atoms with E-state index in [1.54, 1.807) is 49.5 Å². The van der Waals surface area contributed by atoms with Crippen LogP contribution >= 0.6 is 0 Å². The smallest absolute Gasteiger partial charge is 0.322 e. The van der Waals surface area contributed by atoms with Gasteiger partial charge in [0.1, 0.15) is 12.4 Å². The fourth-order valence-electron chi connectivity index (χ4n) is 3.25. The Labute approximate surface area is 158 Å². The third-order valence-electron chi connectivity index (χ3n) is 4.74. The van der Waals surface area contributed by atoms with Gasteiger partial charge in [0, 0.05) is 17.3 Å². The molecule has 6 nitrogen and oxygen atoms in total. The summed E-state index contributed by atoms with van der Waals surface area (Å²) in [5, 5.41) is 2.90. The molecule has 2 aromatic carbocycles. The Morgan fingerprint density at radius 1 is 1.11 bits per heavy atom. The Bertz CT molecular complexity index is 792. The van der Waals surface area contributed by atoms with Crippen LogP contribution in [0.2, 0.25) is 0 Å². The minimum Gasteiger partial charge on any atom is -0.493 e. The third-order valence-corrected chi connectivity index (χ3v) is 4.74. The van der Waals surface area contributed by atoms with Crippen LogP contribution in [-0.4, -0.2) is 51.3 Å². The van der Waals surface area contributed by atoms with E-state index >= 15 is 0 Å². The van der Waals surface area contributed by atoms with Gasteiger partial charge in [0.05, 0.1) is 40.4 Å². The normalized spacial score (nSPS) is 14.7. The molecular weight excluding hydrogens is 349 g/mol. The maximum atomic E-state index is 13.3. The summed E-state index contributed by atoms with van der Waals surface area (Å²) in [7, 11) is 3.13. The number of urea groups is 1. The molecule has 144 valence electrons. The first-order valence-corrected chi connectivity index (χ1v) is 8.95. The van der Waals surface area contributed by atoms with Crippen LogP contribution in [0.25, 0.3) is 0 Å². The van der Waals surface area contributed by atoms with Crippen LogP contribution in [0.5, 0.6) is 11.5 Å². The molecule has 0 aliphatic carbocycles. The summed E-state index contributed by atoms with van der Waals surface area (Å²) in [5.74, 6) is 0.976. The molecule has 0 aromatic heterocycles. The first-order chi connectivity index (χ1) is 13.1. The Kier molecular flexibility index (Phi) is 6.13. The lowest BCUT2D eigenvalue weighted by Gasteiger charge is -2.32. The Balaban J connectivity index is 1.52. The number of methoxy groups -OCH3 is 2. The van der Waals surface area contributed by atoms with Crippen molar-refractivity contribution < 1.29 is 23.6 Å². The minimum absolute atomic E-state index is 0.132. The van der Waals surface area contributed by atoms with E-state index in [-0.39, 0.29) is 11.8 Å². The monoisotopic (exact) mass is 374 g/mol. The standard InChI is InChI=1S/C20H24FN3O3/c1-26-18-7-6-17(13-19(18)27-2)22-20(25)24-10-8-23(9-11-24)14-15-4-3-5-16(21)12-15/h3-7,12-13H,8-11,14H2,1-2H3,(H,22,25)/p+1. The minimum atomic E-state index is -0.208. The highest BCUT2D eigenvalue weighted by atomic mass is 19.1. The van der Waals surface area contributed by atoms with Crippen molar-refractivity contribution in [3.8, 4) is 11.5 Å². The van der Waals surface area contributed by atoms with Gasteiger partial charge in [-0.2, -0.15) is 0 Å². The molecule has 3 rings (SSSR count). The number of anilines is 1. The first kappa shape index (κ1) is 19.0. The molecule has 0 bridgehead atoms. The molecule has 2 N–H and O–H groups in total. The second-order valence-electron chi connectivity index (χ2n) is 6.54. The summed E-state index contributed by atoms with van der Waals surface area (Å²) in [4.78, 5) is 15.7. The van der Waals surface area contributed by atoms with Crippen LogP contribution in [0.15, 0.2) is 42.5 Å². The van der Waals surface area contributed by atoms with E-state index in [1.807, 2.05) is 6.07 Å². The van der Waals surface area contributed by atoms with E-state index in [1.165, 1.54) is 11.0 Å². The molecule has 1 fully saturated rings. The summed E-state index contributed by atoms with van der Waals surface area (Å²) in [6.07, 6.45) is 0. The molecule has 27 heavy (non-hydrogen) atoms. The zero-order valence-corrected chi connectivity index (χ0v) is 15.6. The van der Waals surface area contributed by atoms with Crippen molar-refractivity contribution in [2.45, 2.75) is 6.54 Å². The van der Waals surface area contributed by atoms with Gasteiger partial charge < -0.3 is 24.6 Å². The van der Waals surface area contributed by atoms with Crippen LogP contribution < -0.4 is 19.7 Å². The number of rotatable bonds is 5. The van der Waals surface area contributed by atoms with Gasteiger partial charge in [0.15, 0.2) is 11.5 Å². The SMILES string of the molecule is COc1ccc(NC(=O)N2CC[NH+](Cc3cccc(F)c3)CC2)cc1OC. The van der Waals surface area contributed by atoms with E-state index in [0.29, 0.717) is 30.3 Å². The van der Waals surface area contributed by atoms with Gasteiger partial charge in [0.25, 0.3) is 0 Å². The summed E-state index contributed by atoms with van der Waals surface area (Å²) in [6, 6.07) is 11.8. The van der Waals surface area contributed by atoms with Crippen LogP contribution in [0, 0.1) is 5.82 Å². The molecular formula is C20H25FN3O3+. The third kappa shape index (κ3) is 4.89. The predicted molar refractivity (Wildman–Crippen MR) is 101 cm³/mol. The number of benzene rings is 2. The van der Waals surface area contributed by atoms with Crippen LogP contribution in [0.1, 0.15) is 5.56 Å². The number of carbonyl (C=O) groups excluding carboxylic acids is 1. The van der Waals surface area contributed by atoms with Crippen molar-refractivity contribution in [2.75, 3.05) is 45.7 Å². The molecule has 0 radical (unpaired) electrons. The molecule has 1 saturated heterocycles. The van der Waals surface area contributed by atoms with E-state index in [0.717, 1.165) is 25.2 Å². The molecule has 7 heteroatoms. The molecule has 0 saturated carbocycles. The van der Waals surface area contributed by atoms with Gasteiger partial charge in [-0.05, 0) is 24.3 Å². The highest BCUT2D eigenvalue weighted by molar-refractivity contribution is 5.89. The van der Waals surface area contributed by atoms with Crippen molar-refractivity contribution >= 4 is 11.7 Å². The number of nitrogens with zero attached hydrogens (tertiary/aromatic N) is 1. The lowest BCUT2D eigenvalue weighted by molar-refractivity contribution is -0.917. The number of ether oxygens (including phenoxy) is 2. The summed E-state index contributed by atoms with van der Waals surface area (Å²) in [6.45, 7) is 3.74. The Morgan fingerprint density at radius 3 is 2.52 bits per heavy atom. The highest BCUT2D eigenvalue weighted by Gasteiger charge is 2.24. The van der Waals surface area contributed by atoms with Crippen molar-refractivity contribution in [1.29, 1.82) is 0 Å². The van der Waals surface area contributed by atoms with E-state index < -0.39 is 0 Å². The van der Waals surface area contributed by atoms with Gasteiger partial charge >= 0.3 is 6.03 Å². The number of nitrogens with one attached hydrogen (secondary N) is 2. The van der Waals surface area contributed by atoms with Crippen molar-refractivity contribution in [3.63, 3.8) is 0 Å². The highest BCUT2D eigenvalue weighted by Crippen LogP contribution is 2.29. The topological polar surface area (TPSA) is 55.2 Å². The molecule has 2 aromatic rings. The average Bonchev–Trinajstić information content (AvgIpc) is 2.68. The fourth-order valence-corrected chi connectivity index (χ4v) is 3.25. The summed E-state index contributed by atoms with van der Waals surface area (Å²) in [5.41, 5.74) is 1.64. The number of carbonyl (C=O) groups is 1. The first-order valence-electron chi connectivity index (χ1n) is 8.95. The largest absolute Gasteiger partial charge is 0.493 e. The van der Waals surface area contributed by atoms with Gasteiger partial charge in [-0.3, -0.25) is 0 Å². The number of hydrogen-bond donors (Lipinski definition) is 2. The zero-order chi connectivity index (χ0) is 19.2. The van der Waals surface area contributed by atoms with Crippen LogP contribution in [-0.2, 0) is 6.54 Å². The predicted octanol–water partition coefficient (Wildman–Crippen LogP) is 1.78. The van der Waals surface area contributed by atoms with Gasteiger partial charge in [0.2, 0.25) is 0 Å². The molecule has 1 aliphatic rings. The second kappa shape index (κ2) is 8.73. The van der Waals surface area contributed by atoms with Gasteiger partial charge in [-0.25, -0.2) is 9.18 Å². The van der Waals surface area contributed by atoms with E-state index in [4.69, 9.17) is 9.47 Å². The Hall–Kier alpha value is -2.80. The fraction of sp³-hybridized carbons (Fsp3) is 0.350. The van der Waals surface area contributed by atoms with Crippen molar-refractivity contribution in [2.24, 2.45) is 0 Å². The number of quaternary nitrogens is 1. The molecule has 0 unspecified atom stereocenters.